The van der Waals surface area contributed by atoms with Crippen LogP contribution < -0.4 is 4.90 Å². The second-order valence-electron chi connectivity index (χ2n) is 8.03. The molecule has 0 N–H and O–H groups in total. The van der Waals surface area contributed by atoms with E-state index in [9.17, 15) is 0 Å². The Morgan fingerprint density at radius 2 is 2.00 bits per heavy atom. The van der Waals surface area contributed by atoms with Gasteiger partial charge in [-0.25, -0.2) is 0 Å². The van der Waals surface area contributed by atoms with Crippen LogP contribution in [0.15, 0.2) is 48.9 Å². The average molecular weight is 358 g/mol. The zero-order valence-electron chi connectivity index (χ0n) is 16.1. The maximum Gasteiger partial charge on any atom is 0.0568 e. The molecule has 1 aromatic carbocycles. The highest BCUT2D eigenvalue weighted by Crippen LogP contribution is 2.40. The first-order valence-corrected chi connectivity index (χ1v) is 10.0. The Morgan fingerprint density at radius 3 is 2.78 bits per heavy atom. The first kappa shape index (κ1) is 16.5. The Kier molecular flexibility index (Phi) is 4.00. The summed E-state index contributed by atoms with van der Waals surface area (Å²) in [6.45, 7) is 2.31. The number of pyridine rings is 1. The molecule has 1 aliphatic heterocycles. The number of fused-ring (bicyclic) bond motifs is 1. The predicted octanol–water partition coefficient (Wildman–Crippen LogP) is 4.64. The molecule has 138 valence electrons. The molecular weight excluding hydrogens is 332 g/mol. The Bertz CT molecular complexity index is 956. The van der Waals surface area contributed by atoms with Gasteiger partial charge in [0.15, 0.2) is 0 Å². The van der Waals surface area contributed by atoms with Crippen molar-refractivity contribution in [1.82, 2.24) is 14.8 Å². The molecule has 1 atom stereocenters. The third-order valence-corrected chi connectivity index (χ3v) is 6.18. The van der Waals surface area contributed by atoms with E-state index in [1.54, 1.807) is 0 Å². The van der Waals surface area contributed by atoms with Crippen LogP contribution in [0.3, 0.4) is 0 Å². The number of rotatable bonds is 4. The van der Waals surface area contributed by atoms with Gasteiger partial charge in [0.25, 0.3) is 0 Å². The van der Waals surface area contributed by atoms with Crippen LogP contribution in [0, 0.1) is 0 Å². The van der Waals surface area contributed by atoms with Crippen LogP contribution >= 0.6 is 0 Å². The number of nitrogens with zero attached hydrogens (tertiary/aromatic N) is 4. The first-order valence-electron chi connectivity index (χ1n) is 10.0. The fraction of sp³-hybridized carbons (Fsp3) is 0.391. The molecule has 1 saturated carbocycles. The molecule has 3 heterocycles. The molecule has 0 radical (unpaired) electrons. The summed E-state index contributed by atoms with van der Waals surface area (Å²) in [5.41, 5.74) is 7.95. The lowest BCUT2D eigenvalue weighted by molar-refractivity contribution is 0.596. The molecule has 0 saturated heterocycles. The number of hydrogen-bond acceptors (Lipinski definition) is 3. The van der Waals surface area contributed by atoms with E-state index in [1.807, 2.05) is 18.5 Å². The smallest absolute Gasteiger partial charge is 0.0568 e. The van der Waals surface area contributed by atoms with Crippen LogP contribution in [-0.2, 0) is 12.8 Å². The van der Waals surface area contributed by atoms with Crippen molar-refractivity contribution in [2.45, 2.75) is 51.1 Å². The van der Waals surface area contributed by atoms with E-state index >= 15 is 0 Å². The summed E-state index contributed by atoms with van der Waals surface area (Å²) < 4.78 is 2.15. The summed E-state index contributed by atoms with van der Waals surface area (Å²) in [6.07, 6.45) is 11.9. The Morgan fingerprint density at radius 1 is 1.11 bits per heavy atom. The van der Waals surface area contributed by atoms with Crippen molar-refractivity contribution >= 4 is 5.69 Å². The second-order valence-corrected chi connectivity index (χ2v) is 8.03. The minimum absolute atomic E-state index is 0.587. The quantitative estimate of drug-likeness (QED) is 0.681. The second kappa shape index (κ2) is 6.52. The van der Waals surface area contributed by atoms with Crippen LogP contribution in [0.2, 0.25) is 0 Å². The molecule has 27 heavy (non-hydrogen) atoms. The molecule has 2 aromatic heterocycles. The van der Waals surface area contributed by atoms with Gasteiger partial charge in [-0.15, -0.1) is 0 Å². The minimum atomic E-state index is 0.587. The largest absolute Gasteiger partial charge is 0.372 e. The van der Waals surface area contributed by atoms with Crippen molar-refractivity contribution in [1.29, 1.82) is 0 Å². The molecule has 0 amide bonds. The zero-order chi connectivity index (χ0) is 18.4. The number of anilines is 1. The van der Waals surface area contributed by atoms with Crippen molar-refractivity contribution in [2.75, 3.05) is 11.9 Å². The molecule has 3 aromatic rings. The highest BCUT2D eigenvalue weighted by molar-refractivity contribution is 5.74. The third kappa shape index (κ3) is 3.03. The number of benzene rings is 1. The van der Waals surface area contributed by atoms with Crippen LogP contribution in [0.5, 0.6) is 0 Å². The molecule has 4 nitrogen and oxygen atoms in total. The topological polar surface area (TPSA) is 34.0 Å². The molecule has 2 aliphatic rings. The van der Waals surface area contributed by atoms with E-state index in [0.717, 1.165) is 18.5 Å². The van der Waals surface area contributed by atoms with E-state index in [1.165, 1.54) is 47.2 Å². The van der Waals surface area contributed by atoms with Crippen LogP contribution in [0.1, 0.15) is 49.0 Å². The average Bonchev–Trinajstić information content (AvgIpc) is 3.43. The maximum absolute atomic E-state index is 4.63. The predicted molar refractivity (Wildman–Crippen MR) is 109 cm³/mol. The highest BCUT2D eigenvalue weighted by Gasteiger charge is 2.27. The van der Waals surface area contributed by atoms with Crippen molar-refractivity contribution in [3.63, 3.8) is 0 Å². The Balaban J connectivity index is 1.63. The van der Waals surface area contributed by atoms with Crippen LogP contribution in [0.25, 0.3) is 11.1 Å². The molecular formula is C23H26N4. The fourth-order valence-corrected chi connectivity index (χ4v) is 4.25. The molecule has 0 bridgehead atoms. The SMILES string of the molecule is CC1CCc2c(ccc(-c3cnn(C4CC4)c3)c2Cc2ccccn2)N1C. The fourth-order valence-electron chi connectivity index (χ4n) is 4.25. The van der Waals surface area contributed by atoms with Crippen molar-refractivity contribution < 1.29 is 0 Å². The standard InChI is InChI=1S/C23H26N4/c1-16-6-9-21-22(13-18-5-3-4-12-24-18)20(10-11-23(21)26(16)2)17-14-25-27(15-17)19-7-8-19/h3-5,10-12,14-16,19H,6-9,13H2,1-2H3. The minimum Gasteiger partial charge on any atom is -0.372 e. The lowest BCUT2D eigenvalue weighted by Gasteiger charge is -2.35. The van der Waals surface area contributed by atoms with Gasteiger partial charge in [0.2, 0.25) is 0 Å². The summed E-state index contributed by atoms with van der Waals surface area (Å²) in [5.74, 6) is 0. The van der Waals surface area contributed by atoms with E-state index < -0.39 is 0 Å². The molecule has 1 fully saturated rings. The van der Waals surface area contributed by atoms with E-state index in [4.69, 9.17) is 0 Å². The monoisotopic (exact) mass is 358 g/mol. The molecule has 1 unspecified atom stereocenters. The van der Waals surface area contributed by atoms with Gasteiger partial charge < -0.3 is 4.90 Å². The Labute approximate surface area is 160 Å². The van der Waals surface area contributed by atoms with Crippen LogP contribution in [-0.4, -0.2) is 27.9 Å². The van der Waals surface area contributed by atoms with Gasteiger partial charge in [-0.3, -0.25) is 9.67 Å². The van der Waals surface area contributed by atoms with Gasteiger partial charge in [0.1, 0.15) is 0 Å². The first-order chi connectivity index (χ1) is 13.2. The molecule has 0 spiro atoms. The molecule has 4 heteroatoms. The Hall–Kier alpha value is -2.62. The lowest BCUT2D eigenvalue weighted by Crippen LogP contribution is -2.34. The molecule has 1 aliphatic carbocycles. The van der Waals surface area contributed by atoms with Gasteiger partial charge in [0, 0.05) is 48.8 Å². The van der Waals surface area contributed by atoms with Crippen molar-refractivity contribution in [2.24, 2.45) is 0 Å². The van der Waals surface area contributed by atoms with Gasteiger partial charge in [-0.1, -0.05) is 12.1 Å². The van der Waals surface area contributed by atoms with Crippen molar-refractivity contribution in [3.05, 3.63) is 65.7 Å². The van der Waals surface area contributed by atoms with Gasteiger partial charge in [-0.2, -0.15) is 5.10 Å². The van der Waals surface area contributed by atoms with E-state index in [-0.39, 0.29) is 0 Å². The zero-order valence-corrected chi connectivity index (χ0v) is 16.1. The summed E-state index contributed by atoms with van der Waals surface area (Å²) >= 11 is 0. The third-order valence-electron chi connectivity index (χ3n) is 6.18. The summed E-state index contributed by atoms with van der Waals surface area (Å²) in [5, 5.41) is 4.63. The summed E-state index contributed by atoms with van der Waals surface area (Å²) in [4.78, 5) is 7.03. The number of aromatic nitrogens is 3. The van der Waals surface area contributed by atoms with E-state index in [0.29, 0.717) is 12.1 Å². The van der Waals surface area contributed by atoms with Crippen LogP contribution in [0.4, 0.5) is 5.69 Å². The maximum atomic E-state index is 4.63. The van der Waals surface area contributed by atoms with Gasteiger partial charge >= 0.3 is 0 Å². The van der Waals surface area contributed by atoms with Crippen molar-refractivity contribution in [3.8, 4) is 11.1 Å². The van der Waals surface area contributed by atoms with Gasteiger partial charge in [0.05, 0.1) is 12.2 Å². The van der Waals surface area contributed by atoms with Gasteiger partial charge in [-0.05, 0) is 67.5 Å². The highest BCUT2D eigenvalue weighted by atomic mass is 15.3. The number of hydrogen-bond donors (Lipinski definition) is 0. The lowest BCUT2D eigenvalue weighted by atomic mass is 9.86. The van der Waals surface area contributed by atoms with E-state index in [2.05, 4.69) is 64.1 Å². The summed E-state index contributed by atoms with van der Waals surface area (Å²) in [7, 11) is 2.22. The molecule has 5 rings (SSSR count). The normalized spacial score (nSPS) is 19.2. The summed E-state index contributed by atoms with van der Waals surface area (Å²) in [6, 6.07) is 12.0.